The van der Waals surface area contributed by atoms with E-state index < -0.39 is 5.92 Å². The van der Waals surface area contributed by atoms with Gasteiger partial charge < -0.3 is 15.4 Å². The fourth-order valence-corrected chi connectivity index (χ4v) is 2.82. The topological polar surface area (TPSA) is 67.4 Å². The summed E-state index contributed by atoms with van der Waals surface area (Å²) in [6, 6.07) is 12.3. The first kappa shape index (κ1) is 15.4. The van der Waals surface area contributed by atoms with Crippen LogP contribution in [0.4, 0.5) is 11.4 Å². The van der Waals surface area contributed by atoms with Crippen molar-refractivity contribution in [1.82, 2.24) is 0 Å². The maximum Gasteiger partial charge on any atom is 0.232 e. The highest BCUT2D eigenvalue weighted by molar-refractivity contribution is 6.31. The zero-order valence-corrected chi connectivity index (χ0v) is 13.2. The fraction of sp³-hybridized carbons (Fsp3) is 0.176. The van der Waals surface area contributed by atoms with E-state index in [1.165, 1.54) is 7.11 Å². The second-order valence-corrected chi connectivity index (χ2v) is 5.66. The van der Waals surface area contributed by atoms with Crippen LogP contribution in [-0.2, 0) is 9.59 Å². The lowest BCUT2D eigenvalue weighted by Crippen LogP contribution is -2.20. The number of halogens is 1. The van der Waals surface area contributed by atoms with E-state index in [1.54, 1.807) is 18.2 Å². The molecule has 5 nitrogen and oxygen atoms in total. The van der Waals surface area contributed by atoms with Gasteiger partial charge in [0, 0.05) is 17.1 Å². The fourth-order valence-electron chi connectivity index (χ4n) is 2.64. The van der Waals surface area contributed by atoms with E-state index in [0.29, 0.717) is 16.5 Å². The molecule has 2 aromatic carbocycles. The van der Waals surface area contributed by atoms with Crippen molar-refractivity contribution in [3.63, 3.8) is 0 Å². The maximum absolute atomic E-state index is 12.3. The molecule has 0 saturated carbocycles. The van der Waals surface area contributed by atoms with Crippen LogP contribution in [0.2, 0.25) is 5.02 Å². The van der Waals surface area contributed by atoms with Gasteiger partial charge in [-0.3, -0.25) is 9.59 Å². The molecule has 23 heavy (non-hydrogen) atoms. The van der Waals surface area contributed by atoms with Crippen molar-refractivity contribution in [3.05, 3.63) is 53.1 Å². The van der Waals surface area contributed by atoms with Crippen LogP contribution in [0.3, 0.4) is 0 Å². The van der Waals surface area contributed by atoms with Crippen molar-refractivity contribution in [2.24, 2.45) is 0 Å². The Bertz CT molecular complexity index is 776. The molecule has 1 unspecified atom stereocenters. The molecule has 0 spiro atoms. The minimum absolute atomic E-state index is 0.0541. The number of ether oxygens (including phenoxy) is 1. The van der Waals surface area contributed by atoms with E-state index in [1.807, 2.05) is 24.3 Å². The lowest BCUT2D eigenvalue weighted by molar-refractivity contribution is -0.122. The summed E-state index contributed by atoms with van der Waals surface area (Å²) in [6.07, 6.45) is 0.0541. The van der Waals surface area contributed by atoms with Crippen LogP contribution < -0.4 is 15.4 Å². The number of carbonyl (C=O) groups is 2. The Morgan fingerprint density at radius 3 is 2.87 bits per heavy atom. The van der Waals surface area contributed by atoms with Crippen LogP contribution >= 0.6 is 11.6 Å². The molecule has 0 saturated heterocycles. The Hall–Kier alpha value is -2.53. The number of nitrogens with one attached hydrogen (secondary N) is 2. The zero-order valence-electron chi connectivity index (χ0n) is 12.4. The van der Waals surface area contributed by atoms with Crippen LogP contribution in [0.25, 0.3) is 0 Å². The Morgan fingerprint density at radius 2 is 2.09 bits per heavy atom. The summed E-state index contributed by atoms with van der Waals surface area (Å²) in [4.78, 5) is 24.4. The maximum atomic E-state index is 12.3. The Kier molecular flexibility index (Phi) is 4.21. The van der Waals surface area contributed by atoms with Gasteiger partial charge in [0.05, 0.1) is 18.7 Å². The Morgan fingerprint density at radius 1 is 1.30 bits per heavy atom. The molecule has 2 amide bonds. The van der Waals surface area contributed by atoms with Gasteiger partial charge in [-0.25, -0.2) is 0 Å². The average molecular weight is 331 g/mol. The quantitative estimate of drug-likeness (QED) is 0.902. The van der Waals surface area contributed by atoms with Crippen molar-refractivity contribution in [2.45, 2.75) is 12.3 Å². The van der Waals surface area contributed by atoms with Crippen LogP contribution in [0.15, 0.2) is 42.5 Å². The Labute approximate surface area is 138 Å². The van der Waals surface area contributed by atoms with Crippen molar-refractivity contribution in [1.29, 1.82) is 0 Å². The number of benzene rings is 2. The number of anilines is 2. The number of fused-ring (bicyclic) bond motifs is 1. The van der Waals surface area contributed by atoms with Gasteiger partial charge in [0.1, 0.15) is 5.75 Å². The standard InChI is InChI=1S/C17H15ClN2O3/c1-23-15-7-6-10(18)8-14(15)19-16(21)9-12-11-4-2-3-5-13(11)20-17(12)22/h2-8,12H,9H2,1H3,(H,19,21)(H,20,22). The van der Waals surface area contributed by atoms with Crippen molar-refractivity contribution in [2.75, 3.05) is 17.7 Å². The van der Waals surface area contributed by atoms with Gasteiger partial charge in [-0.05, 0) is 29.8 Å². The summed E-state index contributed by atoms with van der Waals surface area (Å²) in [6.45, 7) is 0. The molecule has 2 N–H and O–H groups in total. The molecule has 0 aromatic heterocycles. The van der Waals surface area contributed by atoms with Crippen LogP contribution in [0, 0.1) is 0 Å². The molecule has 1 aliphatic rings. The highest BCUT2D eigenvalue weighted by atomic mass is 35.5. The number of para-hydroxylation sites is 1. The van der Waals surface area contributed by atoms with Gasteiger partial charge in [0.2, 0.25) is 11.8 Å². The van der Waals surface area contributed by atoms with E-state index in [-0.39, 0.29) is 18.2 Å². The molecule has 1 atom stereocenters. The lowest BCUT2D eigenvalue weighted by atomic mass is 9.97. The molecule has 2 aromatic rings. The molecule has 0 radical (unpaired) electrons. The van der Waals surface area contributed by atoms with Gasteiger partial charge in [0.25, 0.3) is 0 Å². The van der Waals surface area contributed by atoms with Gasteiger partial charge >= 0.3 is 0 Å². The first-order valence-electron chi connectivity index (χ1n) is 7.11. The predicted octanol–water partition coefficient (Wildman–Crippen LogP) is 3.41. The zero-order chi connectivity index (χ0) is 16.4. The number of hydrogen-bond donors (Lipinski definition) is 2. The smallest absolute Gasteiger partial charge is 0.232 e. The number of carbonyl (C=O) groups excluding carboxylic acids is 2. The summed E-state index contributed by atoms with van der Waals surface area (Å²) in [5.74, 6) is -0.419. The van der Waals surface area contributed by atoms with Crippen LogP contribution in [0.1, 0.15) is 17.9 Å². The summed E-state index contributed by atoms with van der Waals surface area (Å²) in [5.41, 5.74) is 2.08. The van der Waals surface area contributed by atoms with Crippen LogP contribution in [0.5, 0.6) is 5.75 Å². The molecular weight excluding hydrogens is 316 g/mol. The van der Waals surface area contributed by atoms with Crippen LogP contribution in [-0.4, -0.2) is 18.9 Å². The molecule has 0 bridgehead atoms. The second-order valence-electron chi connectivity index (χ2n) is 5.23. The van der Waals surface area contributed by atoms with E-state index in [4.69, 9.17) is 16.3 Å². The minimum atomic E-state index is -0.489. The highest BCUT2D eigenvalue weighted by Crippen LogP contribution is 2.35. The van der Waals surface area contributed by atoms with Crippen molar-refractivity contribution >= 4 is 34.8 Å². The largest absolute Gasteiger partial charge is 0.495 e. The summed E-state index contributed by atoms with van der Waals surface area (Å²) in [5, 5.41) is 6.03. The van der Waals surface area contributed by atoms with Gasteiger partial charge in [-0.15, -0.1) is 0 Å². The monoisotopic (exact) mass is 330 g/mol. The molecular formula is C17H15ClN2O3. The normalized spacial score (nSPS) is 15.7. The van der Waals surface area contributed by atoms with E-state index in [2.05, 4.69) is 10.6 Å². The number of rotatable bonds is 4. The highest BCUT2D eigenvalue weighted by Gasteiger charge is 2.32. The molecule has 118 valence electrons. The third-order valence-corrected chi connectivity index (χ3v) is 3.97. The molecule has 3 rings (SSSR count). The third kappa shape index (κ3) is 3.14. The van der Waals surface area contributed by atoms with Gasteiger partial charge in [-0.2, -0.15) is 0 Å². The van der Waals surface area contributed by atoms with E-state index in [0.717, 1.165) is 11.3 Å². The van der Waals surface area contributed by atoms with Crippen molar-refractivity contribution in [3.8, 4) is 5.75 Å². The van der Waals surface area contributed by atoms with E-state index >= 15 is 0 Å². The molecule has 6 heteroatoms. The number of methoxy groups -OCH3 is 1. The molecule has 0 aliphatic carbocycles. The SMILES string of the molecule is COc1ccc(Cl)cc1NC(=O)CC1C(=O)Nc2ccccc21. The number of hydrogen-bond acceptors (Lipinski definition) is 3. The Balaban J connectivity index is 1.76. The first-order valence-corrected chi connectivity index (χ1v) is 7.49. The summed E-state index contributed by atoms with van der Waals surface area (Å²) >= 11 is 5.95. The lowest BCUT2D eigenvalue weighted by Gasteiger charge is -2.12. The molecule has 0 fully saturated rings. The third-order valence-electron chi connectivity index (χ3n) is 3.74. The second kappa shape index (κ2) is 6.30. The average Bonchev–Trinajstić information content (AvgIpc) is 2.83. The molecule has 1 aliphatic heterocycles. The first-order chi connectivity index (χ1) is 11.1. The summed E-state index contributed by atoms with van der Waals surface area (Å²) in [7, 11) is 1.51. The molecule has 1 heterocycles. The number of amides is 2. The minimum Gasteiger partial charge on any atom is -0.495 e. The summed E-state index contributed by atoms with van der Waals surface area (Å²) < 4.78 is 5.20. The van der Waals surface area contributed by atoms with E-state index in [9.17, 15) is 9.59 Å². The van der Waals surface area contributed by atoms with Gasteiger partial charge in [-0.1, -0.05) is 29.8 Å². The van der Waals surface area contributed by atoms with Gasteiger partial charge in [0.15, 0.2) is 0 Å². The van der Waals surface area contributed by atoms with Crippen molar-refractivity contribution < 1.29 is 14.3 Å². The predicted molar refractivity (Wildman–Crippen MR) is 89.1 cm³/mol.